The lowest BCUT2D eigenvalue weighted by atomic mass is 10.3. The van der Waals surface area contributed by atoms with Gasteiger partial charge in [0.25, 0.3) is 6.48 Å². The van der Waals surface area contributed by atoms with Crippen molar-refractivity contribution in [1.82, 2.24) is 0 Å². The Morgan fingerprint density at radius 2 is 0.909 bits per heavy atom. The van der Waals surface area contributed by atoms with E-state index in [9.17, 15) is 14.4 Å². The van der Waals surface area contributed by atoms with Crippen molar-refractivity contribution >= 4 is 55.2 Å². The normalized spacial score (nSPS) is 10.9. The van der Waals surface area contributed by atoms with E-state index in [0.29, 0.717) is 17.3 Å². The van der Waals surface area contributed by atoms with Crippen LogP contribution in [0.3, 0.4) is 0 Å². The quantitative estimate of drug-likeness (QED) is 0.295. The second-order valence-electron chi connectivity index (χ2n) is 4.26. The van der Waals surface area contributed by atoms with E-state index in [2.05, 4.69) is 37.9 Å². The van der Waals surface area contributed by atoms with Gasteiger partial charge in [-0.3, -0.25) is 14.4 Å². The summed E-state index contributed by atoms with van der Waals surface area (Å²) in [4.78, 5) is 34.2. The SMILES string of the molecule is O=C(CCS)COC(OCC(=O)CCS)OCC(=O)CCS. The Morgan fingerprint density at radius 1 is 0.636 bits per heavy atom. The minimum absolute atomic E-state index is 0.171. The highest BCUT2D eigenvalue weighted by Gasteiger charge is 2.16. The van der Waals surface area contributed by atoms with E-state index in [4.69, 9.17) is 14.2 Å². The molecular weight excluding hydrogens is 348 g/mol. The van der Waals surface area contributed by atoms with Gasteiger partial charge in [-0.2, -0.15) is 37.9 Å². The fourth-order valence-electron chi connectivity index (χ4n) is 1.22. The summed E-state index contributed by atoms with van der Waals surface area (Å²) < 4.78 is 15.4. The molecule has 6 nitrogen and oxygen atoms in total. The summed E-state index contributed by atoms with van der Waals surface area (Å²) in [6.45, 7) is -1.93. The van der Waals surface area contributed by atoms with Gasteiger partial charge in [-0.1, -0.05) is 0 Å². The molecule has 0 radical (unpaired) electrons. The van der Waals surface area contributed by atoms with Gasteiger partial charge in [-0.25, -0.2) is 0 Å². The molecule has 0 heterocycles. The minimum Gasteiger partial charge on any atom is -0.322 e. The molecule has 9 heteroatoms. The van der Waals surface area contributed by atoms with E-state index >= 15 is 0 Å². The van der Waals surface area contributed by atoms with Crippen molar-refractivity contribution in [2.75, 3.05) is 37.1 Å². The molecule has 0 amide bonds. The van der Waals surface area contributed by atoms with E-state index < -0.39 is 6.48 Å². The molecule has 0 unspecified atom stereocenters. The summed E-state index contributed by atoms with van der Waals surface area (Å²) in [7, 11) is 0. The Balaban J connectivity index is 4.26. The van der Waals surface area contributed by atoms with Gasteiger partial charge in [0.2, 0.25) is 0 Å². The van der Waals surface area contributed by atoms with Crippen molar-refractivity contribution < 1.29 is 28.6 Å². The molecular formula is C13H22O6S3. The highest BCUT2D eigenvalue weighted by atomic mass is 32.1. The number of Topliss-reactive ketones (excluding diaryl/α,β-unsaturated/α-hetero) is 3. The third-order valence-electron chi connectivity index (χ3n) is 2.31. The van der Waals surface area contributed by atoms with Crippen LogP contribution in [0.4, 0.5) is 0 Å². The zero-order chi connectivity index (χ0) is 16.8. The molecule has 0 rings (SSSR count). The topological polar surface area (TPSA) is 78.9 Å². The third kappa shape index (κ3) is 12.5. The van der Waals surface area contributed by atoms with Crippen LogP contribution < -0.4 is 0 Å². The highest BCUT2D eigenvalue weighted by molar-refractivity contribution is 7.80. The number of ether oxygens (including phenoxy) is 3. The maximum atomic E-state index is 11.4. The van der Waals surface area contributed by atoms with Gasteiger partial charge in [0.05, 0.1) is 0 Å². The summed E-state index contributed by atoms with van der Waals surface area (Å²) in [6, 6.07) is 0. The first-order valence-electron chi connectivity index (χ1n) is 6.76. The molecule has 0 saturated heterocycles. The van der Waals surface area contributed by atoms with Crippen LogP contribution in [0.25, 0.3) is 0 Å². The van der Waals surface area contributed by atoms with E-state index in [-0.39, 0.29) is 56.4 Å². The van der Waals surface area contributed by atoms with Gasteiger partial charge in [0, 0.05) is 19.3 Å². The summed E-state index contributed by atoms with van der Waals surface area (Å²) in [6.07, 6.45) is 0.771. The van der Waals surface area contributed by atoms with Crippen LogP contribution >= 0.6 is 37.9 Å². The van der Waals surface area contributed by atoms with Crippen molar-refractivity contribution in [3.8, 4) is 0 Å². The fraction of sp³-hybridized carbons (Fsp3) is 0.769. The molecule has 0 aromatic heterocycles. The minimum atomic E-state index is -1.24. The van der Waals surface area contributed by atoms with Crippen LogP contribution in [0.1, 0.15) is 19.3 Å². The lowest BCUT2D eigenvalue weighted by Crippen LogP contribution is -2.29. The summed E-state index contributed by atoms with van der Waals surface area (Å²) in [5.74, 6) is 0.724. The van der Waals surface area contributed by atoms with Crippen LogP contribution in [0, 0.1) is 0 Å². The molecule has 0 aromatic rings. The van der Waals surface area contributed by atoms with Crippen molar-refractivity contribution in [3.63, 3.8) is 0 Å². The Bertz CT molecular complexity index is 298. The van der Waals surface area contributed by atoms with Crippen LogP contribution in [-0.2, 0) is 28.6 Å². The van der Waals surface area contributed by atoms with Gasteiger partial charge < -0.3 is 14.2 Å². The number of thiol groups is 3. The molecule has 0 N–H and O–H groups in total. The van der Waals surface area contributed by atoms with Crippen LogP contribution in [0.15, 0.2) is 0 Å². The van der Waals surface area contributed by atoms with Gasteiger partial charge >= 0.3 is 0 Å². The molecule has 0 spiro atoms. The Labute approximate surface area is 146 Å². The summed E-state index contributed by atoms with van der Waals surface area (Å²) in [5, 5.41) is 0. The summed E-state index contributed by atoms with van der Waals surface area (Å²) >= 11 is 11.8. The zero-order valence-corrected chi connectivity index (χ0v) is 14.9. The summed E-state index contributed by atoms with van der Waals surface area (Å²) in [5.41, 5.74) is 0. The number of hydrogen-bond donors (Lipinski definition) is 3. The number of carbonyl (C=O) groups excluding carboxylic acids is 3. The first-order valence-corrected chi connectivity index (χ1v) is 8.65. The molecule has 0 bridgehead atoms. The van der Waals surface area contributed by atoms with Crippen molar-refractivity contribution in [2.45, 2.75) is 25.7 Å². The standard InChI is InChI=1S/C13H22O6S3/c14-10(1-4-20)7-17-13(18-8-11(15)2-5-21)19-9-12(16)3-6-22/h13,20-22H,1-9H2. The van der Waals surface area contributed by atoms with E-state index in [1.807, 2.05) is 0 Å². The van der Waals surface area contributed by atoms with E-state index in [1.165, 1.54) is 0 Å². The molecule has 0 aromatic carbocycles. The fourth-order valence-corrected chi connectivity index (χ4v) is 1.97. The molecule has 0 aliphatic carbocycles. The van der Waals surface area contributed by atoms with Gasteiger partial charge in [0.15, 0.2) is 17.3 Å². The van der Waals surface area contributed by atoms with E-state index in [0.717, 1.165) is 0 Å². The molecule has 128 valence electrons. The zero-order valence-electron chi connectivity index (χ0n) is 12.2. The highest BCUT2D eigenvalue weighted by Crippen LogP contribution is 2.02. The largest absolute Gasteiger partial charge is 0.322 e. The van der Waals surface area contributed by atoms with Gasteiger partial charge in [-0.15, -0.1) is 0 Å². The predicted octanol–water partition coefficient (Wildman–Crippen LogP) is 0.987. The molecule has 0 atom stereocenters. The second-order valence-corrected chi connectivity index (χ2v) is 5.60. The van der Waals surface area contributed by atoms with Crippen LogP contribution in [0.2, 0.25) is 0 Å². The van der Waals surface area contributed by atoms with Crippen LogP contribution in [0.5, 0.6) is 0 Å². The van der Waals surface area contributed by atoms with Crippen LogP contribution in [-0.4, -0.2) is 60.9 Å². The third-order valence-corrected chi connectivity index (χ3v) is 2.98. The average Bonchev–Trinajstić information content (AvgIpc) is 2.47. The van der Waals surface area contributed by atoms with Crippen molar-refractivity contribution in [1.29, 1.82) is 0 Å². The molecule has 0 fully saturated rings. The maximum Gasteiger partial charge on any atom is 0.272 e. The van der Waals surface area contributed by atoms with Gasteiger partial charge in [-0.05, 0) is 17.3 Å². The number of rotatable bonds is 15. The molecule has 0 aliphatic rings. The molecule has 22 heavy (non-hydrogen) atoms. The number of ketones is 3. The Kier molecular flexibility index (Phi) is 14.5. The van der Waals surface area contributed by atoms with Crippen molar-refractivity contribution in [3.05, 3.63) is 0 Å². The monoisotopic (exact) mass is 370 g/mol. The number of hydrogen-bond acceptors (Lipinski definition) is 9. The first kappa shape index (κ1) is 21.9. The second kappa shape index (κ2) is 14.5. The lowest BCUT2D eigenvalue weighted by Gasteiger charge is -2.17. The lowest BCUT2D eigenvalue weighted by molar-refractivity contribution is -0.279. The van der Waals surface area contributed by atoms with Crippen molar-refractivity contribution in [2.24, 2.45) is 0 Å². The average molecular weight is 371 g/mol. The smallest absolute Gasteiger partial charge is 0.272 e. The Morgan fingerprint density at radius 3 is 1.14 bits per heavy atom. The Hall–Kier alpha value is -0.0600. The van der Waals surface area contributed by atoms with Gasteiger partial charge in [0.1, 0.15) is 19.8 Å². The molecule has 0 aliphatic heterocycles. The van der Waals surface area contributed by atoms with E-state index in [1.54, 1.807) is 0 Å². The maximum absolute atomic E-state index is 11.4. The first-order chi connectivity index (χ1) is 10.5. The molecule has 0 saturated carbocycles. The predicted molar refractivity (Wildman–Crippen MR) is 92.1 cm³/mol. The number of carbonyl (C=O) groups is 3.